The molecule has 2 aromatic rings. The molecular formula is C17H23ClNPPtTe. The monoisotopic (exact) mass is 632 g/mol. The fourth-order valence-corrected chi connectivity index (χ4v) is 4.21. The van der Waals surface area contributed by atoms with E-state index >= 15 is 0 Å². The van der Waals surface area contributed by atoms with E-state index in [4.69, 9.17) is 0 Å². The summed E-state index contributed by atoms with van der Waals surface area (Å²) in [6.45, 7) is 3.52. The third-order valence-electron chi connectivity index (χ3n) is 2.83. The van der Waals surface area contributed by atoms with Crippen molar-refractivity contribution >= 4 is 50.2 Å². The molecule has 0 heterocycles. The summed E-state index contributed by atoms with van der Waals surface area (Å²) in [4.78, 5) is 2.18. The van der Waals surface area contributed by atoms with Gasteiger partial charge in [0, 0.05) is 0 Å². The van der Waals surface area contributed by atoms with E-state index < -0.39 is 0 Å². The predicted molar refractivity (Wildman–Crippen MR) is 100.0 cm³/mol. The maximum absolute atomic E-state index is 4.61. The summed E-state index contributed by atoms with van der Waals surface area (Å²) in [6.07, 6.45) is 0. The third kappa shape index (κ3) is 10.4. The van der Waals surface area contributed by atoms with Gasteiger partial charge in [0.25, 0.3) is 0 Å². The molecule has 0 aliphatic heterocycles. The van der Waals surface area contributed by atoms with Gasteiger partial charge in [-0.1, -0.05) is 60.7 Å². The second-order valence-corrected chi connectivity index (χ2v) is 8.05. The van der Waals surface area contributed by atoms with Crippen LogP contribution in [-0.4, -0.2) is 54.5 Å². The molecule has 0 saturated carbocycles. The summed E-state index contributed by atoms with van der Waals surface area (Å²) in [5.41, 5.74) is 0. The number of rotatable bonds is 4. The van der Waals surface area contributed by atoms with Crippen LogP contribution in [0.25, 0.3) is 0 Å². The standard InChI is InChI=1S/C13H13P.C4H10NTe.ClH.Pt/c1-14(12-8-4-2-5-9-12)13-10-6-3-7-11-13;1-5(2)3-4-6;;/h2-11H,1H3;3-4H2,1-2H3;1H;/q;;;+1/p-1. The molecule has 2 rings (SSSR count). The molecule has 1 nitrogen and oxygen atoms in total. The van der Waals surface area contributed by atoms with E-state index in [1.54, 1.807) is 18.8 Å². The summed E-state index contributed by atoms with van der Waals surface area (Å²) >= 11 is 3.73. The van der Waals surface area contributed by atoms with E-state index in [1.807, 2.05) is 0 Å². The zero-order valence-electron chi connectivity index (χ0n) is 13.2. The Morgan fingerprint density at radius 2 is 1.27 bits per heavy atom. The van der Waals surface area contributed by atoms with Crippen molar-refractivity contribution in [3.63, 3.8) is 0 Å². The van der Waals surface area contributed by atoms with Gasteiger partial charge in [-0.2, -0.15) is 0 Å². The molecular weight excluding hydrogens is 607 g/mol. The first-order chi connectivity index (χ1) is 10.6. The van der Waals surface area contributed by atoms with E-state index in [0.717, 1.165) is 0 Å². The fraction of sp³-hybridized carbons (Fsp3) is 0.294. The Kier molecular flexibility index (Phi) is 15.6. The van der Waals surface area contributed by atoms with Crippen molar-refractivity contribution in [2.45, 2.75) is 4.47 Å². The third-order valence-corrected chi connectivity index (χ3v) is 5.49. The molecule has 0 spiro atoms. The van der Waals surface area contributed by atoms with E-state index in [-0.39, 0.29) is 7.92 Å². The van der Waals surface area contributed by atoms with Gasteiger partial charge < -0.3 is 0 Å². The van der Waals surface area contributed by atoms with Crippen LogP contribution in [0.3, 0.4) is 0 Å². The molecule has 124 valence electrons. The number of halogens is 1. The number of hydrogen-bond donors (Lipinski definition) is 0. The van der Waals surface area contributed by atoms with Crippen molar-refractivity contribution in [1.29, 1.82) is 0 Å². The minimum atomic E-state index is -0.171. The minimum absolute atomic E-state index is 0.171. The van der Waals surface area contributed by atoms with Crippen LogP contribution in [0, 0.1) is 0 Å². The normalized spacial score (nSPS) is 9.68. The van der Waals surface area contributed by atoms with Gasteiger partial charge in [0.1, 0.15) is 0 Å². The number of hydrogen-bond acceptors (Lipinski definition) is 1. The Morgan fingerprint density at radius 3 is 1.50 bits per heavy atom. The molecule has 0 unspecified atom stereocenters. The zero-order chi connectivity index (χ0) is 16.8. The van der Waals surface area contributed by atoms with Gasteiger partial charge in [-0.15, -0.1) is 0 Å². The SMILES string of the molecule is CN(C)CC[Te].CP(c1ccccc1)c1ccccc1.[Cl][Pt]. The quantitative estimate of drug-likeness (QED) is 0.369. The molecule has 1 radical (unpaired) electrons. The first kappa shape index (κ1) is 22.6. The van der Waals surface area contributed by atoms with Crippen molar-refractivity contribution in [2.24, 2.45) is 0 Å². The molecule has 22 heavy (non-hydrogen) atoms. The molecule has 0 saturated heterocycles. The van der Waals surface area contributed by atoms with E-state index in [1.165, 1.54) is 21.6 Å². The van der Waals surface area contributed by atoms with Crippen LogP contribution in [0.5, 0.6) is 0 Å². The van der Waals surface area contributed by atoms with Gasteiger partial charge in [0.05, 0.1) is 0 Å². The van der Waals surface area contributed by atoms with Gasteiger partial charge in [-0.25, -0.2) is 0 Å². The van der Waals surface area contributed by atoms with Crippen molar-refractivity contribution in [3.8, 4) is 0 Å². The van der Waals surface area contributed by atoms with Crippen LogP contribution in [0.1, 0.15) is 0 Å². The Morgan fingerprint density at radius 1 is 0.909 bits per heavy atom. The maximum atomic E-state index is 4.61. The van der Waals surface area contributed by atoms with Gasteiger partial charge >= 0.3 is 80.5 Å². The number of nitrogens with zero attached hydrogens (tertiary/aromatic N) is 1. The zero-order valence-corrected chi connectivity index (χ0v) is 19.4. The Balaban J connectivity index is 0.000000470. The first-order valence-electron chi connectivity index (χ1n) is 6.83. The summed E-state index contributed by atoms with van der Waals surface area (Å²) in [5.74, 6) is 0. The Hall–Kier alpha value is 0.598. The van der Waals surface area contributed by atoms with Crippen molar-refractivity contribution < 1.29 is 18.8 Å². The van der Waals surface area contributed by atoms with Gasteiger partial charge in [0.15, 0.2) is 0 Å². The average molecular weight is 630 g/mol. The van der Waals surface area contributed by atoms with Crippen LogP contribution in [0.4, 0.5) is 0 Å². The molecule has 2 aromatic carbocycles. The summed E-state index contributed by atoms with van der Waals surface area (Å²) in [7, 11) is 8.62. The topological polar surface area (TPSA) is 3.24 Å². The van der Waals surface area contributed by atoms with Crippen molar-refractivity contribution in [3.05, 3.63) is 60.7 Å². The number of benzene rings is 2. The van der Waals surface area contributed by atoms with E-state index in [9.17, 15) is 0 Å². The van der Waals surface area contributed by atoms with Gasteiger partial charge in [0.2, 0.25) is 0 Å². The molecule has 0 fully saturated rings. The van der Waals surface area contributed by atoms with Crippen molar-refractivity contribution in [1.82, 2.24) is 4.90 Å². The van der Waals surface area contributed by atoms with Gasteiger partial charge in [-0.3, -0.25) is 0 Å². The van der Waals surface area contributed by atoms with E-state index in [0.29, 0.717) is 0 Å². The van der Waals surface area contributed by atoms with Crippen LogP contribution in [0.2, 0.25) is 4.47 Å². The first-order valence-corrected chi connectivity index (χ1v) is 13.1. The van der Waals surface area contributed by atoms with Crippen LogP contribution in [-0.2, 0) is 18.8 Å². The molecule has 0 amide bonds. The van der Waals surface area contributed by atoms with Crippen LogP contribution in [0.15, 0.2) is 60.7 Å². The average Bonchev–Trinajstić information content (AvgIpc) is 2.58. The summed E-state index contributed by atoms with van der Waals surface area (Å²) < 4.78 is 1.27. The van der Waals surface area contributed by atoms with E-state index in [2.05, 4.69) is 118 Å². The Labute approximate surface area is 165 Å². The summed E-state index contributed by atoms with van der Waals surface area (Å²) in [5, 5.41) is 2.88. The molecule has 0 atom stereocenters. The Bertz CT molecular complexity index is 431. The van der Waals surface area contributed by atoms with Gasteiger partial charge in [-0.05, 0) is 25.2 Å². The fourth-order valence-electron chi connectivity index (χ4n) is 1.63. The molecule has 0 bridgehead atoms. The predicted octanol–water partition coefficient (Wildman–Crippen LogP) is 3.57. The molecule has 0 aliphatic rings. The van der Waals surface area contributed by atoms with Crippen LogP contribution < -0.4 is 10.6 Å². The van der Waals surface area contributed by atoms with Crippen LogP contribution >= 0.6 is 17.3 Å². The molecule has 0 aromatic heterocycles. The van der Waals surface area contributed by atoms with Crippen molar-refractivity contribution in [2.75, 3.05) is 27.3 Å². The second-order valence-electron chi connectivity index (χ2n) is 4.74. The molecule has 0 aliphatic carbocycles. The summed E-state index contributed by atoms with van der Waals surface area (Å²) in [6, 6.07) is 21.4. The second kappa shape index (κ2) is 15.1. The molecule has 0 N–H and O–H groups in total. The molecule has 5 heteroatoms.